The smallest absolute Gasteiger partial charge is 0.255 e. The lowest BCUT2D eigenvalue weighted by Crippen LogP contribution is -2.42. The lowest BCUT2D eigenvalue weighted by molar-refractivity contribution is 0.0732. The first-order chi connectivity index (χ1) is 9.72. The third-order valence-corrected chi connectivity index (χ3v) is 4.04. The van der Waals surface area contributed by atoms with Gasteiger partial charge in [-0.05, 0) is 44.2 Å². The number of nitrogens with one attached hydrogen (secondary N) is 1. The Balaban J connectivity index is 1.71. The van der Waals surface area contributed by atoms with E-state index in [1.807, 2.05) is 4.90 Å². The maximum atomic E-state index is 12.6. The Morgan fingerprint density at radius 3 is 2.85 bits per heavy atom. The molecule has 1 saturated heterocycles. The lowest BCUT2D eigenvalue weighted by atomic mass is 10.1. The van der Waals surface area contributed by atoms with Gasteiger partial charge in [0.25, 0.3) is 5.91 Å². The van der Waals surface area contributed by atoms with E-state index >= 15 is 0 Å². The largest absolute Gasteiger partial charge is 0.506 e. The minimum atomic E-state index is -0.0194. The molecule has 1 unspecified atom stereocenters. The van der Waals surface area contributed by atoms with Crippen LogP contribution in [-0.4, -0.2) is 46.6 Å². The second kappa shape index (κ2) is 5.79. The van der Waals surface area contributed by atoms with Crippen molar-refractivity contribution in [2.45, 2.75) is 31.7 Å². The van der Waals surface area contributed by atoms with Gasteiger partial charge in [0.2, 0.25) is 0 Å². The van der Waals surface area contributed by atoms with Crippen molar-refractivity contribution in [2.75, 3.05) is 19.6 Å². The molecule has 2 fully saturated rings. The van der Waals surface area contributed by atoms with Crippen LogP contribution in [0.2, 0.25) is 0 Å². The molecule has 0 radical (unpaired) electrons. The van der Waals surface area contributed by atoms with Gasteiger partial charge in [-0.15, -0.1) is 0 Å². The Kier molecular flexibility index (Phi) is 3.87. The van der Waals surface area contributed by atoms with E-state index in [4.69, 9.17) is 0 Å². The highest BCUT2D eigenvalue weighted by molar-refractivity contribution is 5.94. The Hall–Kier alpha value is -1.62. The molecule has 108 valence electrons. The van der Waals surface area contributed by atoms with E-state index in [2.05, 4.69) is 10.3 Å². The van der Waals surface area contributed by atoms with E-state index in [0.29, 0.717) is 17.5 Å². The molecule has 0 spiro atoms. The number of nitrogens with zero attached hydrogens (tertiary/aromatic N) is 2. The molecule has 2 N–H and O–H groups in total. The molecule has 1 atom stereocenters. The average molecular weight is 275 g/mol. The second-order valence-corrected chi connectivity index (χ2v) is 5.88. The summed E-state index contributed by atoms with van der Waals surface area (Å²) in [6.45, 7) is 2.63. The number of aromatic hydroxyl groups is 1. The molecule has 1 aliphatic heterocycles. The lowest BCUT2D eigenvalue weighted by Gasteiger charge is -2.26. The molecule has 0 bridgehead atoms. The van der Waals surface area contributed by atoms with E-state index in [-0.39, 0.29) is 11.7 Å². The van der Waals surface area contributed by atoms with Crippen molar-refractivity contribution in [3.63, 3.8) is 0 Å². The van der Waals surface area contributed by atoms with Gasteiger partial charge in [-0.25, -0.2) is 0 Å². The summed E-state index contributed by atoms with van der Waals surface area (Å²) >= 11 is 0. The number of rotatable bonds is 5. The number of carbonyl (C=O) groups excluding carboxylic acids is 1. The van der Waals surface area contributed by atoms with Crippen LogP contribution in [0.5, 0.6) is 5.75 Å². The quantitative estimate of drug-likeness (QED) is 0.852. The van der Waals surface area contributed by atoms with Crippen LogP contribution >= 0.6 is 0 Å². The van der Waals surface area contributed by atoms with Gasteiger partial charge < -0.3 is 15.3 Å². The summed E-state index contributed by atoms with van der Waals surface area (Å²) in [6, 6.07) is 1.90. The van der Waals surface area contributed by atoms with E-state index in [1.165, 1.54) is 37.7 Å². The number of aromatic nitrogens is 1. The maximum Gasteiger partial charge on any atom is 0.255 e. The summed E-state index contributed by atoms with van der Waals surface area (Å²) < 4.78 is 0. The fraction of sp³-hybridized carbons (Fsp3) is 0.600. The predicted octanol–water partition coefficient (Wildman–Crippen LogP) is 1.39. The van der Waals surface area contributed by atoms with Gasteiger partial charge in [0.05, 0.1) is 11.8 Å². The van der Waals surface area contributed by atoms with Gasteiger partial charge in [-0.3, -0.25) is 9.78 Å². The topological polar surface area (TPSA) is 65.5 Å². The van der Waals surface area contributed by atoms with E-state index in [9.17, 15) is 9.90 Å². The zero-order valence-electron chi connectivity index (χ0n) is 11.6. The van der Waals surface area contributed by atoms with E-state index in [0.717, 1.165) is 26.1 Å². The summed E-state index contributed by atoms with van der Waals surface area (Å²) in [6.07, 6.45) is 7.64. The highest BCUT2D eigenvalue weighted by Crippen LogP contribution is 2.30. The summed E-state index contributed by atoms with van der Waals surface area (Å²) in [5.74, 6) is 0.681. The van der Waals surface area contributed by atoms with E-state index in [1.54, 1.807) is 0 Å². The van der Waals surface area contributed by atoms with Crippen molar-refractivity contribution in [3.8, 4) is 5.75 Å². The van der Waals surface area contributed by atoms with Crippen LogP contribution in [-0.2, 0) is 0 Å². The highest BCUT2D eigenvalue weighted by Gasteiger charge is 2.29. The number of hydrogen-bond acceptors (Lipinski definition) is 4. The first kappa shape index (κ1) is 13.4. The van der Waals surface area contributed by atoms with Crippen molar-refractivity contribution >= 4 is 5.91 Å². The minimum absolute atomic E-state index is 0.0194. The van der Waals surface area contributed by atoms with Crippen molar-refractivity contribution in [1.29, 1.82) is 0 Å². The molecule has 5 nitrogen and oxygen atoms in total. The molecular weight excluding hydrogens is 254 g/mol. The first-order valence-corrected chi connectivity index (χ1v) is 7.39. The highest BCUT2D eigenvalue weighted by atomic mass is 16.3. The first-order valence-electron chi connectivity index (χ1n) is 7.39. The number of amides is 1. The summed E-state index contributed by atoms with van der Waals surface area (Å²) in [5.41, 5.74) is 0.476. The molecular formula is C15H21N3O2. The monoisotopic (exact) mass is 275 g/mol. The molecule has 1 saturated carbocycles. The van der Waals surface area contributed by atoms with Crippen LogP contribution in [0.3, 0.4) is 0 Å². The second-order valence-electron chi connectivity index (χ2n) is 5.88. The van der Waals surface area contributed by atoms with Gasteiger partial charge in [0.15, 0.2) is 0 Å². The van der Waals surface area contributed by atoms with Crippen LogP contribution in [0.15, 0.2) is 18.5 Å². The SMILES string of the molecule is O=C(c1cncc(O)c1)N(CC1CC1)CC1CCCN1. The maximum absolute atomic E-state index is 12.6. The molecule has 1 aromatic rings. The third-order valence-electron chi connectivity index (χ3n) is 4.04. The molecule has 2 heterocycles. The Labute approximate surface area is 119 Å². The molecule has 1 aromatic heterocycles. The van der Waals surface area contributed by atoms with E-state index < -0.39 is 0 Å². The summed E-state index contributed by atoms with van der Waals surface area (Å²) in [7, 11) is 0. The van der Waals surface area contributed by atoms with Crippen LogP contribution in [0.4, 0.5) is 0 Å². The summed E-state index contributed by atoms with van der Waals surface area (Å²) in [5, 5.41) is 12.9. The van der Waals surface area contributed by atoms with Crippen LogP contribution < -0.4 is 5.32 Å². The minimum Gasteiger partial charge on any atom is -0.506 e. The average Bonchev–Trinajstić information content (AvgIpc) is 3.11. The van der Waals surface area contributed by atoms with Gasteiger partial charge in [-0.2, -0.15) is 0 Å². The number of carbonyl (C=O) groups is 1. The Morgan fingerprint density at radius 2 is 2.20 bits per heavy atom. The van der Waals surface area contributed by atoms with Crippen molar-refractivity contribution in [1.82, 2.24) is 15.2 Å². The van der Waals surface area contributed by atoms with Crippen LogP contribution in [0.1, 0.15) is 36.0 Å². The number of hydrogen-bond donors (Lipinski definition) is 2. The molecule has 2 aliphatic rings. The molecule has 5 heteroatoms. The molecule has 0 aromatic carbocycles. The van der Waals surface area contributed by atoms with Crippen molar-refractivity contribution < 1.29 is 9.90 Å². The normalized spacial score (nSPS) is 21.9. The molecule has 3 rings (SSSR count). The molecule has 1 amide bonds. The predicted molar refractivity (Wildman–Crippen MR) is 75.6 cm³/mol. The molecule has 1 aliphatic carbocycles. The number of pyridine rings is 1. The standard InChI is InChI=1S/C15H21N3O2/c19-14-6-12(7-16-8-14)15(20)18(9-11-3-4-11)10-13-2-1-5-17-13/h6-8,11,13,17,19H,1-5,9-10H2. The fourth-order valence-electron chi connectivity index (χ4n) is 2.76. The Bertz CT molecular complexity index is 482. The van der Waals surface area contributed by atoms with Crippen molar-refractivity contribution in [2.24, 2.45) is 5.92 Å². The van der Waals surface area contributed by atoms with Gasteiger partial charge in [-0.1, -0.05) is 0 Å². The Morgan fingerprint density at radius 1 is 1.35 bits per heavy atom. The summed E-state index contributed by atoms with van der Waals surface area (Å²) in [4.78, 5) is 18.4. The van der Waals surface area contributed by atoms with Crippen LogP contribution in [0, 0.1) is 5.92 Å². The zero-order chi connectivity index (χ0) is 13.9. The van der Waals surface area contributed by atoms with Crippen molar-refractivity contribution in [3.05, 3.63) is 24.0 Å². The van der Waals surface area contributed by atoms with Crippen LogP contribution in [0.25, 0.3) is 0 Å². The zero-order valence-corrected chi connectivity index (χ0v) is 11.6. The van der Waals surface area contributed by atoms with Gasteiger partial charge in [0, 0.05) is 25.3 Å². The van der Waals surface area contributed by atoms with Gasteiger partial charge >= 0.3 is 0 Å². The molecule has 20 heavy (non-hydrogen) atoms. The fourth-order valence-corrected chi connectivity index (χ4v) is 2.76. The third kappa shape index (κ3) is 3.28. The van der Waals surface area contributed by atoms with Gasteiger partial charge in [0.1, 0.15) is 5.75 Å².